The quantitative estimate of drug-likeness (QED) is 0.893. The SMILES string of the molecule is Cc1ccncc1C1OCCC1CNC(C)(C)C. The first-order valence-electron chi connectivity index (χ1n) is 6.74. The molecule has 1 N–H and O–H groups in total. The number of pyridine rings is 1. The minimum absolute atomic E-state index is 0.164. The van der Waals surface area contributed by atoms with Gasteiger partial charge in [-0.25, -0.2) is 0 Å². The Morgan fingerprint density at radius 3 is 2.89 bits per heavy atom. The molecule has 0 spiro atoms. The number of ether oxygens (including phenoxy) is 1. The predicted octanol–water partition coefficient (Wildman–Crippen LogP) is 2.86. The summed E-state index contributed by atoms with van der Waals surface area (Å²) in [4.78, 5) is 4.23. The molecule has 3 heteroatoms. The van der Waals surface area contributed by atoms with Crippen LogP contribution in [0.3, 0.4) is 0 Å². The van der Waals surface area contributed by atoms with Gasteiger partial charge in [-0.1, -0.05) is 0 Å². The zero-order valence-corrected chi connectivity index (χ0v) is 11.9. The van der Waals surface area contributed by atoms with E-state index in [0.717, 1.165) is 19.6 Å². The summed E-state index contributed by atoms with van der Waals surface area (Å²) in [5.74, 6) is 0.548. The number of nitrogens with zero attached hydrogens (tertiary/aromatic N) is 1. The van der Waals surface area contributed by atoms with E-state index >= 15 is 0 Å². The third-order valence-corrected chi connectivity index (χ3v) is 3.49. The van der Waals surface area contributed by atoms with Gasteiger partial charge in [-0.2, -0.15) is 0 Å². The largest absolute Gasteiger partial charge is 0.373 e. The molecule has 100 valence electrons. The third kappa shape index (κ3) is 3.30. The molecule has 1 fully saturated rings. The van der Waals surface area contributed by atoms with Crippen molar-refractivity contribution in [3.05, 3.63) is 29.6 Å². The summed E-state index contributed by atoms with van der Waals surface area (Å²) >= 11 is 0. The van der Waals surface area contributed by atoms with E-state index in [2.05, 4.69) is 44.1 Å². The van der Waals surface area contributed by atoms with E-state index in [0.29, 0.717) is 5.92 Å². The fourth-order valence-corrected chi connectivity index (χ4v) is 2.40. The van der Waals surface area contributed by atoms with E-state index in [1.54, 1.807) is 0 Å². The lowest BCUT2D eigenvalue weighted by atomic mass is 9.93. The van der Waals surface area contributed by atoms with Crippen molar-refractivity contribution in [3.8, 4) is 0 Å². The lowest BCUT2D eigenvalue weighted by Gasteiger charge is -2.26. The van der Waals surface area contributed by atoms with Crippen LogP contribution >= 0.6 is 0 Å². The molecule has 0 saturated carbocycles. The highest BCUT2D eigenvalue weighted by atomic mass is 16.5. The highest BCUT2D eigenvalue weighted by molar-refractivity contribution is 5.25. The molecule has 0 amide bonds. The maximum Gasteiger partial charge on any atom is 0.0883 e. The van der Waals surface area contributed by atoms with Crippen molar-refractivity contribution in [2.75, 3.05) is 13.2 Å². The Morgan fingerprint density at radius 1 is 1.44 bits per heavy atom. The number of aromatic nitrogens is 1. The summed E-state index contributed by atoms with van der Waals surface area (Å²) in [5.41, 5.74) is 2.69. The second kappa shape index (κ2) is 5.37. The Labute approximate surface area is 110 Å². The van der Waals surface area contributed by atoms with Crippen LogP contribution < -0.4 is 5.32 Å². The van der Waals surface area contributed by atoms with Gasteiger partial charge in [0.2, 0.25) is 0 Å². The van der Waals surface area contributed by atoms with Crippen LogP contribution in [0, 0.1) is 12.8 Å². The van der Waals surface area contributed by atoms with Crippen LogP contribution in [0.25, 0.3) is 0 Å². The van der Waals surface area contributed by atoms with Gasteiger partial charge in [0.05, 0.1) is 6.10 Å². The van der Waals surface area contributed by atoms with Crippen LogP contribution in [0.5, 0.6) is 0 Å². The lowest BCUT2D eigenvalue weighted by molar-refractivity contribution is 0.0882. The summed E-state index contributed by atoms with van der Waals surface area (Å²) in [6.45, 7) is 10.6. The van der Waals surface area contributed by atoms with Gasteiger partial charge in [0.15, 0.2) is 0 Å². The fourth-order valence-electron chi connectivity index (χ4n) is 2.40. The molecular weight excluding hydrogens is 224 g/mol. The molecule has 18 heavy (non-hydrogen) atoms. The van der Waals surface area contributed by atoms with Crippen molar-refractivity contribution in [1.29, 1.82) is 0 Å². The van der Waals surface area contributed by atoms with Gasteiger partial charge in [-0.15, -0.1) is 0 Å². The van der Waals surface area contributed by atoms with Gasteiger partial charge in [0.25, 0.3) is 0 Å². The second-order valence-electron chi connectivity index (χ2n) is 6.20. The van der Waals surface area contributed by atoms with Crippen molar-refractivity contribution < 1.29 is 4.74 Å². The molecule has 3 nitrogen and oxygen atoms in total. The highest BCUT2D eigenvalue weighted by Gasteiger charge is 2.31. The number of hydrogen-bond donors (Lipinski definition) is 1. The Hall–Kier alpha value is -0.930. The minimum atomic E-state index is 0.164. The first kappa shape index (κ1) is 13.5. The maximum atomic E-state index is 5.92. The smallest absolute Gasteiger partial charge is 0.0883 e. The third-order valence-electron chi connectivity index (χ3n) is 3.49. The normalized spacial score (nSPS) is 24.4. The average Bonchev–Trinajstić information content (AvgIpc) is 2.74. The number of rotatable bonds is 3. The molecule has 2 rings (SSSR count). The summed E-state index contributed by atoms with van der Waals surface area (Å²) in [6.07, 6.45) is 5.13. The highest BCUT2D eigenvalue weighted by Crippen LogP contribution is 2.35. The van der Waals surface area contributed by atoms with Crippen LogP contribution in [0.15, 0.2) is 18.5 Å². The average molecular weight is 248 g/mol. The molecule has 1 saturated heterocycles. The Bertz CT molecular complexity index is 398. The molecule has 0 radical (unpaired) electrons. The zero-order valence-electron chi connectivity index (χ0n) is 11.9. The Balaban J connectivity index is 2.06. The summed E-state index contributed by atoms with van der Waals surface area (Å²) in [6, 6.07) is 2.06. The molecular formula is C15H24N2O. The van der Waals surface area contributed by atoms with Crippen LogP contribution in [-0.4, -0.2) is 23.7 Å². The number of hydrogen-bond acceptors (Lipinski definition) is 3. The molecule has 2 heterocycles. The van der Waals surface area contributed by atoms with E-state index < -0.39 is 0 Å². The van der Waals surface area contributed by atoms with Gasteiger partial charge in [-0.3, -0.25) is 4.98 Å². The van der Waals surface area contributed by atoms with E-state index in [9.17, 15) is 0 Å². The molecule has 1 aliphatic rings. The first-order chi connectivity index (χ1) is 8.47. The molecule has 1 aromatic rings. The predicted molar refractivity (Wildman–Crippen MR) is 73.5 cm³/mol. The van der Waals surface area contributed by atoms with Crippen LogP contribution in [0.2, 0.25) is 0 Å². The van der Waals surface area contributed by atoms with Gasteiger partial charge >= 0.3 is 0 Å². The molecule has 1 aromatic heterocycles. The molecule has 1 aliphatic heterocycles. The standard InChI is InChI=1S/C15H24N2O/c1-11-5-7-16-10-13(11)14-12(6-8-18-14)9-17-15(2,3)4/h5,7,10,12,14,17H,6,8-9H2,1-4H3. The monoisotopic (exact) mass is 248 g/mol. The molecule has 2 unspecified atom stereocenters. The van der Waals surface area contributed by atoms with Gasteiger partial charge < -0.3 is 10.1 Å². The van der Waals surface area contributed by atoms with E-state index in [1.165, 1.54) is 11.1 Å². The van der Waals surface area contributed by atoms with Gasteiger partial charge in [-0.05, 0) is 45.7 Å². The van der Waals surface area contributed by atoms with Crippen molar-refractivity contribution in [2.45, 2.75) is 45.8 Å². The van der Waals surface area contributed by atoms with E-state index in [1.807, 2.05) is 12.4 Å². The topological polar surface area (TPSA) is 34.1 Å². The second-order valence-corrected chi connectivity index (χ2v) is 6.20. The molecule has 2 atom stereocenters. The zero-order chi connectivity index (χ0) is 13.2. The summed E-state index contributed by atoms with van der Waals surface area (Å²) in [5, 5.41) is 3.58. The van der Waals surface area contributed by atoms with Crippen molar-refractivity contribution in [3.63, 3.8) is 0 Å². The summed E-state index contributed by atoms with van der Waals surface area (Å²) in [7, 11) is 0. The number of nitrogens with one attached hydrogen (secondary N) is 1. The van der Waals surface area contributed by atoms with Gasteiger partial charge in [0, 0.05) is 42.6 Å². The molecule has 0 aliphatic carbocycles. The van der Waals surface area contributed by atoms with Crippen LogP contribution in [0.1, 0.15) is 44.4 Å². The van der Waals surface area contributed by atoms with E-state index in [-0.39, 0.29) is 11.6 Å². The summed E-state index contributed by atoms with van der Waals surface area (Å²) < 4.78 is 5.92. The Kier molecular flexibility index (Phi) is 4.03. The Morgan fingerprint density at radius 2 is 2.22 bits per heavy atom. The lowest BCUT2D eigenvalue weighted by Crippen LogP contribution is -2.39. The maximum absolute atomic E-state index is 5.92. The van der Waals surface area contributed by atoms with Crippen LogP contribution in [0.4, 0.5) is 0 Å². The van der Waals surface area contributed by atoms with Crippen LogP contribution in [-0.2, 0) is 4.74 Å². The molecule has 0 bridgehead atoms. The fraction of sp³-hybridized carbons (Fsp3) is 0.667. The van der Waals surface area contributed by atoms with Gasteiger partial charge in [0.1, 0.15) is 0 Å². The van der Waals surface area contributed by atoms with Crippen molar-refractivity contribution in [1.82, 2.24) is 10.3 Å². The number of aryl methyl sites for hydroxylation is 1. The van der Waals surface area contributed by atoms with Crippen molar-refractivity contribution >= 4 is 0 Å². The first-order valence-corrected chi connectivity index (χ1v) is 6.74. The molecule has 0 aromatic carbocycles. The minimum Gasteiger partial charge on any atom is -0.373 e. The van der Waals surface area contributed by atoms with E-state index in [4.69, 9.17) is 4.74 Å². The van der Waals surface area contributed by atoms with Crippen molar-refractivity contribution in [2.24, 2.45) is 5.92 Å².